The average molecular weight is 389 g/mol. The molecule has 0 aromatic carbocycles. The van der Waals surface area contributed by atoms with E-state index in [1.165, 1.54) is 48.5 Å². The van der Waals surface area contributed by atoms with E-state index in [-0.39, 0.29) is 6.61 Å². The van der Waals surface area contributed by atoms with Crippen LogP contribution in [0.5, 0.6) is 0 Å². The Labute approximate surface area is 132 Å². The molecule has 0 rings (SSSR count). The average Bonchev–Trinajstić information content (AvgIpc) is 2.47. The Hall–Kier alpha value is 0.499. The molecule has 1 nitrogen and oxygen atoms in total. The molecule has 2 heteroatoms. The van der Waals surface area contributed by atoms with Crippen molar-refractivity contribution in [2.45, 2.75) is 84.0 Å². The molecule has 0 radical (unpaired) electrons. The fraction of sp³-hybridized carbons (Fsp3) is 0.889. The van der Waals surface area contributed by atoms with Gasteiger partial charge in [0.1, 0.15) is 0 Å². The number of unbranched alkanes of at least 4 members (excludes halogenated alkanes) is 3. The predicted molar refractivity (Wildman–Crippen MR) is 95.1 cm³/mol. The third-order valence-corrected chi connectivity index (χ3v) is 20.3. The van der Waals surface area contributed by atoms with Gasteiger partial charge in [-0.3, -0.25) is 0 Å². The van der Waals surface area contributed by atoms with Gasteiger partial charge in [-0.25, -0.2) is 0 Å². The number of hydrogen-bond donors (Lipinski definition) is 1. The Balaban J connectivity index is 4.86. The summed E-state index contributed by atoms with van der Waals surface area (Å²) in [4.78, 5) is 0. The van der Waals surface area contributed by atoms with Crippen molar-refractivity contribution in [2.75, 3.05) is 6.61 Å². The van der Waals surface area contributed by atoms with Gasteiger partial charge in [-0.1, -0.05) is 0 Å². The number of rotatable bonds is 13. The van der Waals surface area contributed by atoms with Crippen molar-refractivity contribution < 1.29 is 5.11 Å². The van der Waals surface area contributed by atoms with Crippen LogP contribution >= 0.6 is 0 Å². The minimum absolute atomic E-state index is 0.274. The van der Waals surface area contributed by atoms with Crippen LogP contribution < -0.4 is 0 Å². The van der Waals surface area contributed by atoms with E-state index in [1.54, 1.807) is 13.3 Å². The third kappa shape index (κ3) is 8.07. The first-order chi connectivity index (χ1) is 9.55. The van der Waals surface area contributed by atoms with Gasteiger partial charge in [-0.15, -0.1) is 0 Å². The second-order valence-electron chi connectivity index (χ2n) is 6.73. The molecule has 0 aliphatic rings. The summed E-state index contributed by atoms with van der Waals surface area (Å²) in [6, 6.07) is 0. The van der Waals surface area contributed by atoms with E-state index in [2.05, 4.69) is 34.3 Å². The zero-order chi connectivity index (χ0) is 15.4. The standard InChI is InChI=1S/C6H11O.3C4H9.Sn/c1-5(2)6(3)4-7;3*1-3-4-2;/h6-7H,1-2,4H2,3H3;3*1,3-4H2,2H3;. The Morgan fingerprint density at radius 1 is 0.950 bits per heavy atom. The van der Waals surface area contributed by atoms with Crippen LogP contribution in [0.15, 0.2) is 12.2 Å². The molecule has 0 aliphatic carbocycles. The monoisotopic (exact) mass is 390 g/mol. The van der Waals surface area contributed by atoms with Crippen LogP contribution in [-0.2, 0) is 0 Å². The van der Waals surface area contributed by atoms with Gasteiger partial charge in [0.2, 0.25) is 0 Å². The molecule has 1 atom stereocenters. The molecule has 0 aromatic heterocycles. The van der Waals surface area contributed by atoms with Crippen LogP contribution in [0, 0.1) is 5.92 Å². The first-order valence-electron chi connectivity index (χ1n) is 8.83. The quantitative estimate of drug-likeness (QED) is 0.302. The maximum atomic E-state index is 9.39. The Morgan fingerprint density at radius 3 is 1.65 bits per heavy atom. The second-order valence-corrected chi connectivity index (χ2v) is 20.6. The van der Waals surface area contributed by atoms with E-state index >= 15 is 0 Å². The van der Waals surface area contributed by atoms with E-state index in [4.69, 9.17) is 0 Å². The molecule has 0 heterocycles. The van der Waals surface area contributed by atoms with Crippen molar-refractivity contribution in [1.82, 2.24) is 0 Å². The van der Waals surface area contributed by atoms with E-state index in [0.29, 0.717) is 5.92 Å². The predicted octanol–water partition coefficient (Wildman–Crippen LogP) is 6.02. The van der Waals surface area contributed by atoms with E-state index in [0.717, 1.165) is 0 Å². The van der Waals surface area contributed by atoms with Gasteiger partial charge in [0.05, 0.1) is 0 Å². The number of aliphatic hydroxyl groups is 1. The number of aliphatic hydroxyl groups excluding tert-OH is 1. The fourth-order valence-electron chi connectivity index (χ4n) is 3.08. The summed E-state index contributed by atoms with van der Waals surface area (Å²) >= 11 is -2.06. The molecule has 0 saturated carbocycles. The second kappa shape index (κ2) is 12.1. The van der Waals surface area contributed by atoms with E-state index < -0.39 is 18.4 Å². The van der Waals surface area contributed by atoms with Crippen molar-refractivity contribution in [3.8, 4) is 0 Å². The molecular formula is C18H38OSn. The molecule has 20 heavy (non-hydrogen) atoms. The molecule has 0 bridgehead atoms. The normalized spacial score (nSPS) is 13.4. The van der Waals surface area contributed by atoms with Gasteiger partial charge < -0.3 is 0 Å². The van der Waals surface area contributed by atoms with Crippen molar-refractivity contribution in [3.63, 3.8) is 0 Å². The SMILES string of the molecule is C=C([CH2][Sn]([CH2]CCC)([CH2]CCC)[CH2]CCC)C(C)CO. The van der Waals surface area contributed by atoms with Crippen molar-refractivity contribution >= 4 is 18.4 Å². The van der Waals surface area contributed by atoms with Gasteiger partial charge in [0.25, 0.3) is 0 Å². The molecule has 120 valence electrons. The van der Waals surface area contributed by atoms with Crippen LogP contribution in [0.4, 0.5) is 0 Å². The molecule has 0 saturated heterocycles. The first-order valence-corrected chi connectivity index (χ1v) is 16.9. The molecule has 0 spiro atoms. The molecular weight excluding hydrogens is 351 g/mol. The van der Waals surface area contributed by atoms with Crippen LogP contribution in [0.1, 0.15) is 66.2 Å². The topological polar surface area (TPSA) is 20.2 Å². The summed E-state index contributed by atoms with van der Waals surface area (Å²) in [5.41, 5.74) is 1.35. The minimum atomic E-state index is -2.06. The van der Waals surface area contributed by atoms with Gasteiger partial charge in [-0.2, -0.15) is 0 Å². The van der Waals surface area contributed by atoms with Gasteiger partial charge >= 0.3 is 132 Å². The zero-order valence-corrected chi connectivity index (χ0v) is 17.4. The Morgan fingerprint density at radius 2 is 1.35 bits per heavy atom. The van der Waals surface area contributed by atoms with Crippen LogP contribution in [-0.4, -0.2) is 30.1 Å². The van der Waals surface area contributed by atoms with Crippen molar-refractivity contribution in [1.29, 1.82) is 0 Å². The summed E-state index contributed by atoms with van der Waals surface area (Å²) < 4.78 is 5.96. The summed E-state index contributed by atoms with van der Waals surface area (Å²) in [6.07, 6.45) is 8.26. The van der Waals surface area contributed by atoms with E-state index in [9.17, 15) is 5.11 Å². The number of hydrogen-bond acceptors (Lipinski definition) is 1. The Bertz CT molecular complexity index is 228. The summed E-state index contributed by atoms with van der Waals surface area (Å²) in [5, 5.41) is 9.39. The molecule has 0 amide bonds. The van der Waals surface area contributed by atoms with Crippen LogP contribution in [0.25, 0.3) is 0 Å². The first kappa shape index (κ1) is 20.5. The van der Waals surface area contributed by atoms with Gasteiger partial charge in [-0.05, 0) is 0 Å². The van der Waals surface area contributed by atoms with Crippen molar-refractivity contribution in [2.24, 2.45) is 5.92 Å². The maximum absolute atomic E-state index is 9.39. The summed E-state index contributed by atoms with van der Waals surface area (Å²) in [5.74, 6) is 0.302. The van der Waals surface area contributed by atoms with Gasteiger partial charge in [0.15, 0.2) is 0 Å². The molecule has 0 aliphatic heterocycles. The zero-order valence-electron chi connectivity index (χ0n) is 14.5. The fourth-order valence-corrected chi connectivity index (χ4v) is 19.9. The summed E-state index contributed by atoms with van der Waals surface area (Å²) in [6.45, 7) is 13.7. The Kier molecular flexibility index (Phi) is 12.4. The molecule has 1 N–H and O–H groups in total. The van der Waals surface area contributed by atoms with Crippen molar-refractivity contribution in [3.05, 3.63) is 12.2 Å². The molecule has 0 aromatic rings. The molecule has 0 fully saturated rings. The molecule has 1 unspecified atom stereocenters. The third-order valence-electron chi connectivity index (χ3n) is 4.75. The van der Waals surface area contributed by atoms with Crippen LogP contribution in [0.2, 0.25) is 17.7 Å². The van der Waals surface area contributed by atoms with Gasteiger partial charge in [0, 0.05) is 0 Å². The van der Waals surface area contributed by atoms with E-state index in [1.807, 2.05) is 0 Å². The summed E-state index contributed by atoms with van der Waals surface area (Å²) in [7, 11) is 0. The van der Waals surface area contributed by atoms with Crippen LogP contribution in [0.3, 0.4) is 0 Å².